The van der Waals surface area contributed by atoms with Gasteiger partial charge in [-0.25, -0.2) is 13.1 Å². The van der Waals surface area contributed by atoms with Crippen molar-refractivity contribution in [1.29, 1.82) is 0 Å². The molecule has 0 aliphatic carbocycles. The van der Waals surface area contributed by atoms with Gasteiger partial charge in [0.15, 0.2) is 5.78 Å². The summed E-state index contributed by atoms with van der Waals surface area (Å²) < 4.78 is 32.8. The molecule has 0 aromatic heterocycles. The Balaban J connectivity index is 1.46. The summed E-state index contributed by atoms with van der Waals surface area (Å²) in [5.41, 5.74) is 1.95. The summed E-state index contributed by atoms with van der Waals surface area (Å²) in [4.78, 5) is 23.6. The molecule has 7 nitrogen and oxygen atoms in total. The molecule has 0 spiro atoms. The minimum Gasteiger partial charge on any atom is -0.489 e. The van der Waals surface area contributed by atoms with Gasteiger partial charge in [0.2, 0.25) is 15.9 Å². The molecule has 0 saturated heterocycles. The summed E-state index contributed by atoms with van der Waals surface area (Å²) in [6.07, 6.45) is -0.0438. The topological polar surface area (TPSA) is 102 Å². The molecule has 0 saturated carbocycles. The molecule has 8 heteroatoms. The summed E-state index contributed by atoms with van der Waals surface area (Å²) in [6.45, 7) is 1.74. The zero-order valence-corrected chi connectivity index (χ0v) is 18.4. The minimum atomic E-state index is -3.82. The largest absolute Gasteiger partial charge is 0.489 e. The SMILES string of the molecule is CC(=O)c1cccc(S(=O)(=O)NCCC(=O)Nc2ccc(OCc3ccccc3)cc2)c1. The van der Waals surface area contributed by atoms with Crippen LogP contribution in [0, 0.1) is 0 Å². The molecular weight excluding hydrogens is 428 g/mol. The number of rotatable bonds is 10. The summed E-state index contributed by atoms with van der Waals surface area (Å²) in [5.74, 6) is 0.119. The van der Waals surface area contributed by atoms with Crippen molar-refractivity contribution in [2.75, 3.05) is 11.9 Å². The zero-order chi connectivity index (χ0) is 23.0. The van der Waals surface area contributed by atoms with Crippen LogP contribution in [-0.4, -0.2) is 26.7 Å². The molecule has 0 bridgehead atoms. The van der Waals surface area contributed by atoms with E-state index in [0.717, 1.165) is 5.56 Å². The molecule has 166 valence electrons. The molecule has 1 amide bonds. The monoisotopic (exact) mass is 452 g/mol. The van der Waals surface area contributed by atoms with E-state index in [1.807, 2.05) is 30.3 Å². The van der Waals surface area contributed by atoms with Crippen LogP contribution in [0.15, 0.2) is 83.8 Å². The highest BCUT2D eigenvalue weighted by molar-refractivity contribution is 7.89. The van der Waals surface area contributed by atoms with E-state index in [1.165, 1.54) is 25.1 Å². The maximum atomic E-state index is 12.4. The first-order valence-corrected chi connectivity index (χ1v) is 11.5. The Morgan fingerprint density at radius 2 is 1.62 bits per heavy atom. The zero-order valence-electron chi connectivity index (χ0n) is 17.6. The molecule has 0 unspecified atom stereocenters. The number of hydrogen-bond donors (Lipinski definition) is 2. The van der Waals surface area contributed by atoms with Crippen molar-refractivity contribution in [2.24, 2.45) is 0 Å². The van der Waals surface area contributed by atoms with Crippen LogP contribution in [0.1, 0.15) is 29.3 Å². The Labute approximate surface area is 187 Å². The van der Waals surface area contributed by atoms with Gasteiger partial charge in [-0.2, -0.15) is 0 Å². The fourth-order valence-electron chi connectivity index (χ4n) is 2.86. The van der Waals surface area contributed by atoms with E-state index in [9.17, 15) is 18.0 Å². The molecule has 0 radical (unpaired) electrons. The second-order valence-electron chi connectivity index (χ2n) is 7.08. The Hall–Kier alpha value is -3.49. The molecule has 0 atom stereocenters. The fourth-order valence-corrected chi connectivity index (χ4v) is 3.94. The van der Waals surface area contributed by atoms with Gasteiger partial charge in [-0.1, -0.05) is 42.5 Å². The molecule has 0 fully saturated rings. The van der Waals surface area contributed by atoms with E-state index in [1.54, 1.807) is 30.3 Å². The van der Waals surface area contributed by atoms with E-state index in [4.69, 9.17) is 4.74 Å². The molecule has 2 N–H and O–H groups in total. The molecule has 3 aromatic rings. The highest BCUT2D eigenvalue weighted by Crippen LogP contribution is 2.17. The number of anilines is 1. The molecule has 3 aromatic carbocycles. The van der Waals surface area contributed by atoms with Crippen molar-refractivity contribution in [3.63, 3.8) is 0 Å². The number of Topliss-reactive ketones (excluding diaryl/α,β-unsaturated/α-hetero) is 1. The molecule has 0 heterocycles. The summed E-state index contributed by atoms with van der Waals surface area (Å²) in [6, 6.07) is 22.5. The number of amides is 1. The lowest BCUT2D eigenvalue weighted by Crippen LogP contribution is -2.28. The highest BCUT2D eigenvalue weighted by Gasteiger charge is 2.15. The Morgan fingerprint density at radius 3 is 2.31 bits per heavy atom. The van der Waals surface area contributed by atoms with Crippen LogP contribution in [0.3, 0.4) is 0 Å². The van der Waals surface area contributed by atoms with Crippen molar-refractivity contribution < 1.29 is 22.7 Å². The lowest BCUT2D eigenvalue weighted by molar-refractivity contribution is -0.116. The van der Waals surface area contributed by atoms with Crippen molar-refractivity contribution in [1.82, 2.24) is 4.72 Å². The Bertz CT molecular complexity index is 1180. The predicted molar refractivity (Wildman–Crippen MR) is 122 cm³/mol. The second kappa shape index (κ2) is 10.7. The second-order valence-corrected chi connectivity index (χ2v) is 8.85. The number of carbonyl (C=O) groups is 2. The number of sulfonamides is 1. The van der Waals surface area contributed by atoms with Crippen molar-refractivity contribution in [3.05, 3.63) is 90.0 Å². The van der Waals surface area contributed by atoms with E-state index >= 15 is 0 Å². The Kier molecular flexibility index (Phi) is 7.75. The highest BCUT2D eigenvalue weighted by atomic mass is 32.2. The van der Waals surface area contributed by atoms with Gasteiger partial charge in [0, 0.05) is 24.2 Å². The van der Waals surface area contributed by atoms with Gasteiger partial charge in [0.1, 0.15) is 12.4 Å². The van der Waals surface area contributed by atoms with Crippen LogP contribution >= 0.6 is 0 Å². The fraction of sp³-hybridized carbons (Fsp3) is 0.167. The number of hydrogen-bond acceptors (Lipinski definition) is 5. The summed E-state index contributed by atoms with van der Waals surface area (Å²) in [5, 5.41) is 2.72. The first-order chi connectivity index (χ1) is 15.3. The lowest BCUT2D eigenvalue weighted by Gasteiger charge is -2.10. The van der Waals surface area contributed by atoms with Crippen molar-refractivity contribution >= 4 is 27.4 Å². The van der Waals surface area contributed by atoms with Crippen LogP contribution in [0.25, 0.3) is 0 Å². The first kappa shape index (κ1) is 23.2. The average molecular weight is 453 g/mol. The molecule has 32 heavy (non-hydrogen) atoms. The summed E-state index contributed by atoms with van der Waals surface area (Å²) >= 11 is 0. The number of carbonyl (C=O) groups excluding carboxylic acids is 2. The van der Waals surface area contributed by atoms with Gasteiger partial charge >= 0.3 is 0 Å². The molecule has 3 rings (SSSR count). The quantitative estimate of drug-likeness (QED) is 0.456. The standard InChI is InChI=1S/C24H24N2O5S/c1-18(27)20-8-5-9-23(16-20)32(29,30)25-15-14-24(28)26-21-10-12-22(13-11-21)31-17-19-6-3-2-4-7-19/h2-13,16,25H,14-15,17H2,1H3,(H,26,28). The third-order valence-electron chi connectivity index (χ3n) is 4.58. The minimum absolute atomic E-state index is 0.0169. The maximum absolute atomic E-state index is 12.4. The van der Waals surface area contributed by atoms with Crippen LogP contribution in [0.2, 0.25) is 0 Å². The number of benzene rings is 3. The number of ether oxygens (including phenoxy) is 1. The van der Waals surface area contributed by atoms with Crippen molar-refractivity contribution in [3.8, 4) is 5.75 Å². The first-order valence-electron chi connectivity index (χ1n) is 10.0. The number of nitrogens with one attached hydrogen (secondary N) is 2. The van der Waals surface area contributed by atoms with Crippen LogP contribution in [0.4, 0.5) is 5.69 Å². The van der Waals surface area contributed by atoms with Gasteiger partial charge in [-0.15, -0.1) is 0 Å². The number of ketones is 1. The van der Waals surface area contributed by atoms with Gasteiger partial charge in [0.05, 0.1) is 4.90 Å². The van der Waals surface area contributed by atoms with Crippen LogP contribution < -0.4 is 14.8 Å². The maximum Gasteiger partial charge on any atom is 0.240 e. The van der Waals surface area contributed by atoms with E-state index < -0.39 is 10.0 Å². The van der Waals surface area contributed by atoms with Gasteiger partial charge < -0.3 is 10.1 Å². The van der Waals surface area contributed by atoms with E-state index in [0.29, 0.717) is 23.6 Å². The van der Waals surface area contributed by atoms with Crippen molar-refractivity contribution in [2.45, 2.75) is 24.8 Å². The average Bonchev–Trinajstić information content (AvgIpc) is 2.79. The van der Waals surface area contributed by atoms with Gasteiger partial charge in [0.25, 0.3) is 0 Å². The van der Waals surface area contributed by atoms with Gasteiger partial charge in [-0.05, 0) is 48.9 Å². The summed E-state index contributed by atoms with van der Waals surface area (Å²) in [7, 11) is -3.82. The molecular formula is C24H24N2O5S. The molecule has 0 aliphatic heterocycles. The smallest absolute Gasteiger partial charge is 0.240 e. The van der Waals surface area contributed by atoms with E-state index in [2.05, 4.69) is 10.0 Å². The third kappa shape index (κ3) is 6.76. The van der Waals surface area contributed by atoms with Crippen LogP contribution in [-0.2, 0) is 21.4 Å². The molecule has 0 aliphatic rings. The third-order valence-corrected chi connectivity index (χ3v) is 6.04. The van der Waals surface area contributed by atoms with Gasteiger partial charge in [-0.3, -0.25) is 9.59 Å². The van der Waals surface area contributed by atoms with Crippen LogP contribution in [0.5, 0.6) is 5.75 Å². The predicted octanol–water partition coefficient (Wildman–Crippen LogP) is 3.78. The lowest BCUT2D eigenvalue weighted by atomic mass is 10.2. The van der Waals surface area contributed by atoms with E-state index in [-0.39, 0.29) is 29.6 Å². The Morgan fingerprint density at radius 1 is 0.906 bits per heavy atom. The normalized spacial score (nSPS) is 11.0.